The summed E-state index contributed by atoms with van der Waals surface area (Å²) in [6.45, 7) is 7.82. The lowest BCUT2D eigenvalue weighted by Crippen LogP contribution is -2.34. The fraction of sp³-hybridized carbons (Fsp3) is 0.647. The van der Waals surface area contributed by atoms with Crippen molar-refractivity contribution in [1.82, 2.24) is 0 Å². The number of hydrogen-bond acceptors (Lipinski definition) is 1. The average Bonchev–Trinajstić information content (AvgIpc) is 2.37. The van der Waals surface area contributed by atoms with Gasteiger partial charge in [0.2, 0.25) is 0 Å². The van der Waals surface area contributed by atoms with Gasteiger partial charge in [-0.15, -0.1) is 0 Å². The lowest BCUT2D eigenvalue weighted by molar-refractivity contribution is 0.133. The van der Waals surface area contributed by atoms with Gasteiger partial charge in [-0.2, -0.15) is 0 Å². The molecule has 19 heavy (non-hydrogen) atoms. The third-order valence-corrected chi connectivity index (χ3v) is 5.17. The summed E-state index contributed by atoms with van der Waals surface area (Å²) in [6, 6.07) is 8.29. The van der Waals surface area contributed by atoms with Gasteiger partial charge < -0.3 is 5.73 Å². The van der Waals surface area contributed by atoms with E-state index in [2.05, 4.69) is 32.9 Å². The van der Waals surface area contributed by atoms with Gasteiger partial charge in [0.1, 0.15) is 0 Å². The first kappa shape index (κ1) is 14.9. The van der Waals surface area contributed by atoms with Gasteiger partial charge in [0.15, 0.2) is 0 Å². The van der Waals surface area contributed by atoms with E-state index in [4.69, 9.17) is 17.3 Å². The van der Waals surface area contributed by atoms with E-state index >= 15 is 0 Å². The van der Waals surface area contributed by atoms with Gasteiger partial charge in [0.05, 0.1) is 0 Å². The van der Waals surface area contributed by atoms with Crippen LogP contribution in [0, 0.1) is 17.3 Å². The molecule has 1 nitrogen and oxygen atoms in total. The quantitative estimate of drug-likeness (QED) is 0.823. The molecule has 0 radical (unpaired) electrons. The SMILES string of the molecule is CC(C)(C)C1CCC(CN)C(c2ccccc2Cl)C1. The molecule has 0 spiro atoms. The maximum Gasteiger partial charge on any atom is 0.0440 e. The van der Waals surface area contributed by atoms with Crippen LogP contribution in [0.5, 0.6) is 0 Å². The van der Waals surface area contributed by atoms with Crippen LogP contribution < -0.4 is 5.73 Å². The highest BCUT2D eigenvalue weighted by molar-refractivity contribution is 6.31. The summed E-state index contributed by atoms with van der Waals surface area (Å²) in [6.07, 6.45) is 3.75. The minimum absolute atomic E-state index is 0.374. The first-order valence-corrected chi connectivity index (χ1v) is 7.75. The smallest absolute Gasteiger partial charge is 0.0440 e. The third-order valence-electron chi connectivity index (χ3n) is 4.83. The molecule has 3 atom stereocenters. The van der Waals surface area contributed by atoms with E-state index in [0.717, 1.165) is 17.5 Å². The molecular formula is C17H26ClN. The molecular weight excluding hydrogens is 254 g/mol. The summed E-state index contributed by atoms with van der Waals surface area (Å²) in [5.74, 6) is 1.87. The number of halogens is 1. The highest BCUT2D eigenvalue weighted by Crippen LogP contribution is 2.47. The molecule has 0 amide bonds. The zero-order valence-corrected chi connectivity index (χ0v) is 13.1. The van der Waals surface area contributed by atoms with Crippen molar-refractivity contribution in [2.24, 2.45) is 23.0 Å². The van der Waals surface area contributed by atoms with Crippen LogP contribution in [0.1, 0.15) is 51.5 Å². The Hall–Kier alpha value is -0.530. The Bertz CT molecular complexity index is 422. The van der Waals surface area contributed by atoms with Crippen molar-refractivity contribution >= 4 is 11.6 Å². The van der Waals surface area contributed by atoms with Crippen LogP contribution in [-0.4, -0.2) is 6.54 Å². The van der Waals surface area contributed by atoms with E-state index in [1.165, 1.54) is 24.8 Å². The van der Waals surface area contributed by atoms with Crippen LogP contribution in [0.3, 0.4) is 0 Å². The van der Waals surface area contributed by atoms with Crippen LogP contribution >= 0.6 is 11.6 Å². The monoisotopic (exact) mass is 279 g/mol. The second-order valence-corrected chi connectivity index (χ2v) is 7.41. The van der Waals surface area contributed by atoms with Crippen LogP contribution in [-0.2, 0) is 0 Å². The van der Waals surface area contributed by atoms with Crippen molar-refractivity contribution in [3.05, 3.63) is 34.9 Å². The van der Waals surface area contributed by atoms with Gasteiger partial charge in [-0.3, -0.25) is 0 Å². The molecule has 2 rings (SSSR count). The van der Waals surface area contributed by atoms with Crippen molar-refractivity contribution in [2.75, 3.05) is 6.54 Å². The molecule has 1 aliphatic carbocycles. The van der Waals surface area contributed by atoms with E-state index in [1.54, 1.807) is 0 Å². The molecule has 0 aliphatic heterocycles. The first-order valence-electron chi connectivity index (χ1n) is 7.38. The molecule has 1 aliphatic rings. The Balaban J connectivity index is 2.26. The number of benzene rings is 1. The van der Waals surface area contributed by atoms with Crippen LogP contribution in [0.25, 0.3) is 0 Å². The topological polar surface area (TPSA) is 26.0 Å². The van der Waals surface area contributed by atoms with Crippen molar-refractivity contribution < 1.29 is 0 Å². The van der Waals surface area contributed by atoms with Crippen molar-refractivity contribution in [1.29, 1.82) is 0 Å². The molecule has 106 valence electrons. The zero-order chi connectivity index (χ0) is 14.0. The standard InChI is InChI=1S/C17H26ClN/c1-17(2,3)13-9-8-12(11-19)15(10-13)14-6-4-5-7-16(14)18/h4-7,12-13,15H,8-11,19H2,1-3H3. The van der Waals surface area contributed by atoms with Crippen LogP contribution in [0.15, 0.2) is 24.3 Å². The summed E-state index contributed by atoms with van der Waals surface area (Å²) in [4.78, 5) is 0. The third kappa shape index (κ3) is 3.32. The predicted molar refractivity (Wildman–Crippen MR) is 83.5 cm³/mol. The first-order chi connectivity index (χ1) is 8.93. The Labute approximate surface area is 122 Å². The molecule has 0 aromatic heterocycles. The van der Waals surface area contributed by atoms with Gasteiger partial charge in [-0.25, -0.2) is 0 Å². The minimum Gasteiger partial charge on any atom is -0.330 e. The Morgan fingerprint density at radius 3 is 2.47 bits per heavy atom. The molecule has 0 heterocycles. The lowest BCUT2D eigenvalue weighted by atomic mass is 9.64. The zero-order valence-electron chi connectivity index (χ0n) is 12.3. The van der Waals surface area contributed by atoms with Crippen molar-refractivity contribution in [3.63, 3.8) is 0 Å². The highest BCUT2D eigenvalue weighted by atomic mass is 35.5. The van der Waals surface area contributed by atoms with Gasteiger partial charge in [0.25, 0.3) is 0 Å². The van der Waals surface area contributed by atoms with E-state index in [1.807, 2.05) is 12.1 Å². The molecule has 0 saturated heterocycles. The largest absolute Gasteiger partial charge is 0.330 e. The highest BCUT2D eigenvalue weighted by Gasteiger charge is 2.36. The molecule has 3 unspecified atom stereocenters. The van der Waals surface area contributed by atoms with E-state index in [-0.39, 0.29) is 0 Å². The normalized spacial score (nSPS) is 28.4. The number of hydrogen-bond donors (Lipinski definition) is 1. The van der Waals surface area contributed by atoms with Gasteiger partial charge >= 0.3 is 0 Å². The second kappa shape index (κ2) is 5.85. The van der Waals surface area contributed by atoms with Crippen LogP contribution in [0.2, 0.25) is 5.02 Å². The summed E-state index contributed by atoms with van der Waals surface area (Å²) in [5, 5.41) is 0.903. The van der Waals surface area contributed by atoms with Crippen molar-refractivity contribution in [3.8, 4) is 0 Å². The predicted octanol–water partition coefficient (Wildman–Crippen LogP) is 4.84. The number of rotatable bonds is 2. The molecule has 2 N–H and O–H groups in total. The molecule has 1 aromatic carbocycles. The van der Waals surface area contributed by atoms with E-state index in [9.17, 15) is 0 Å². The molecule has 1 fully saturated rings. The Morgan fingerprint density at radius 2 is 1.89 bits per heavy atom. The minimum atomic E-state index is 0.374. The van der Waals surface area contributed by atoms with Gasteiger partial charge in [-0.1, -0.05) is 50.6 Å². The molecule has 1 aromatic rings. The van der Waals surface area contributed by atoms with Crippen LogP contribution in [0.4, 0.5) is 0 Å². The summed E-state index contributed by atoms with van der Waals surface area (Å²) in [7, 11) is 0. The molecule has 1 saturated carbocycles. The maximum atomic E-state index is 6.40. The van der Waals surface area contributed by atoms with Gasteiger partial charge in [0, 0.05) is 5.02 Å². The fourth-order valence-electron chi connectivity index (χ4n) is 3.46. The summed E-state index contributed by atoms with van der Waals surface area (Å²) in [5.41, 5.74) is 7.67. The van der Waals surface area contributed by atoms with E-state index in [0.29, 0.717) is 17.3 Å². The van der Waals surface area contributed by atoms with Gasteiger partial charge in [-0.05, 0) is 60.6 Å². The maximum absolute atomic E-state index is 6.40. The molecule has 2 heteroatoms. The number of nitrogens with two attached hydrogens (primary N) is 1. The Kier molecular flexibility index (Phi) is 4.58. The summed E-state index contributed by atoms with van der Waals surface area (Å²) >= 11 is 6.40. The molecule has 0 bridgehead atoms. The van der Waals surface area contributed by atoms with Crippen molar-refractivity contribution in [2.45, 2.75) is 46.0 Å². The summed E-state index contributed by atoms with van der Waals surface area (Å²) < 4.78 is 0. The fourth-order valence-corrected chi connectivity index (χ4v) is 3.73. The Morgan fingerprint density at radius 1 is 1.21 bits per heavy atom. The second-order valence-electron chi connectivity index (χ2n) is 7.00. The lowest BCUT2D eigenvalue weighted by Gasteiger charge is -2.42. The van der Waals surface area contributed by atoms with E-state index < -0.39 is 0 Å². The average molecular weight is 280 g/mol.